The maximum atomic E-state index is 11.7. The van der Waals surface area contributed by atoms with Crippen LogP contribution in [0.5, 0.6) is 0 Å². The van der Waals surface area contributed by atoms with Gasteiger partial charge in [0.05, 0.1) is 0 Å². The Morgan fingerprint density at radius 2 is 1.88 bits per heavy atom. The van der Waals surface area contributed by atoms with E-state index in [9.17, 15) is 8.42 Å². The van der Waals surface area contributed by atoms with Crippen LogP contribution < -0.4 is 10.6 Å². The Balaban J connectivity index is 3.46. The van der Waals surface area contributed by atoms with E-state index in [1.165, 1.54) is 4.68 Å². The molecule has 0 amide bonds. The predicted octanol–water partition coefficient (Wildman–Crippen LogP) is 0.252. The number of nitrogens with two attached hydrogens (primary N) is 1. The number of anilines is 2. The normalized spacial score (nSPS) is 11.8. The smallest absolute Gasteiger partial charge is 0.182 e. The molecule has 0 atom stereocenters. The first kappa shape index (κ1) is 12.8. The Kier molecular flexibility index (Phi) is 3.47. The Morgan fingerprint density at radius 3 is 2.25 bits per heavy atom. The number of sulfone groups is 1. The predicted molar refractivity (Wildman–Crippen MR) is 64.3 cm³/mol. The molecule has 0 saturated heterocycles. The third-order valence-electron chi connectivity index (χ3n) is 2.46. The van der Waals surface area contributed by atoms with Crippen LogP contribution in [0.1, 0.15) is 13.8 Å². The summed E-state index contributed by atoms with van der Waals surface area (Å²) >= 11 is 0. The number of aryl methyl sites for hydroxylation is 1. The average Bonchev–Trinajstić information content (AvgIpc) is 2.44. The maximum Gasteiger partial charge on any atom is 0.182 e. The van der Waals surface area contributed by atoms with Crippen molar-refractivity contribution in [2.45, 2.75) is 18.7 Å². The Morgan fingerprint density at radius 1 is 1.38 bits per heavy atom. The topological polar surface area (TPSA) is 81.2 Å². The van der Waals surface area contributed by atoms with Gasteiger partial charge in [0.2, 0.25) is 0 Å². The molecular weight excluding hydrogens is 228 g/mol. The van der Waals surface area contributed by atoms with Crippen LogP contribution in [0.3, 0.4) is 0 Å². The highest BCUT2D eigenvalue weighted by Gasteiger charge is 2.25. The summed E-state index contributed by atoms with van der Waals surface area (Å²) in [6.45, 7) is 5.27. The summed E-state index contributed by atoms with van der Waals surface area (Å²) in [5, 5.41) is 4.16. The van der Waals surface area contributed by atoms with E-state index in [4.69, 9.17) is 5.73 Å². The van der Waals surface area contributed by atoms with Gasteiger partial charge in [0.15, 0.2) is 20.6 Å². The second-order valence-electron chi connectivity index (χ2n) is 3.61. The lowest BCUT2D eigenvalue weighted by Crippen LogP contribution is -2.24. The fraction of sp³-hybridized carbons (Fsp3) is 0.667. The number of rotatable bonds is 4. The van der Waals surface area contributed by atoms with Crippen molar-refractivity contribution in [2.24, 2.45) is 7.05 Å². The molecule has 0 spiro atoms. The van der Waals surface area contributed by atoms with Gasteiger partial charge in [-0.15, -0.1) is 0 Å². The molecule has 0 aromatic carbocycles. The Labute approximate surface area is 96.0 Å². The van der Waals surface area contributed by atoms with E-state index in [-0.39, 0.29) is 10.7 Å². The van der Waals surface area contributed by atoms with Crippen molar-refractivity contribution in [3.63, 3.8) is 0 Å². The van der Waals surface area contributed by atoms with Crippen molar-refractivity contribution in [3.8, 4) is 0 Å². The number of nitrogens with zero attached hydrogens (tertiary/aromatic N) is 3. The zero-order valence-corrected chi connectivity index (χ0v) is 10.9. The molecule has 2 N–H and O–H groups in total. The molecule has 0 aliphatic heterocycles. The molecule has 6 nitrogen and oxygen atoms in total. The molecule has 16 heavy (non-hydrogen) atoms. The first-order chi connectivity index (χ1) is 7.32. The molecule has 0 fully saturated rings. The molecule has 0 aliphatic carbocycles. The van der Waals surface area contributed by atoms with Crippen LogP contribution in [0.4, 0.5) is 11.6 Å². The molecule has 92 valence electrons. The van der Waals surface area contributed by atoms with Gasteiger partial charge in [-0.05, 0) is 13.8 Å². The van der Waals surface area contributed by atoms with E-state index >= 15 is 0 Å². The van der Waals surface area contributed by atoms with Crippen molar-refractivity contribution >= 4 is 21.5 Å². The van der Waals surface area contributed by atoms with Gasteiger partial charge in [0.25, 0.3) is 0 Å². The van der Waals surface area contributed by atoms with Crippen molar-refractivity contribution < 1.29 is 8.42 Å². The fourth-order valence-electron chi connectivity index (χ4n) is 1.59. The van der Waals surface area contributed by atoms with E-state index in [0.29, 0.717) is 18.9 Å². The summed E-state index contributed by atoms with van der Waals surface area (Å²) in [5.74, 6) is 0.622. The van der Waals surface area contributed by atoms with Gasteiger partial charge >= 0.3 is 0 Å². The van der Waals surface area contributed by atoms with Crippen LogP contribution in [0, 0.1) is 0 Å². The molecule has 0 saturated carbocycles. The van der Waals surface area contributed by atoms with Gasteiger partial charge in [0.1, 0.15) is 5.82 Å². The van der Waals surface area contributed by atoms with E-state index in [1.807, 2.05) is 18.7 Å². The Bertz CT molecular complexity index is 474. The summed E-state index contributed by atoms with van der Waals surface area (Å²) in [6, 6.07) is 0. The first-order valence-corrected chi connectivity index (χ1v) is 6.99. The van der Waals surface area contributed by atoms with Gasteiger partial charge in [-0.3, -0.25) is 0 Å². The van der Waals surface area contributed by atoms with Crippen molar-refractivity contribution in [1.82, 2.24) is 9.78 Å². The number of hydrogen-bond acceptors (Lipinski definition) is 5. The van der Waals surface area contributed by atoms with Crippen LogP contribution >= 0.6 is 0 Å². The summed E-state index contributed by atoms with van der Waals surface area (Å²) in [4.78, 5) is 1.99. The highest BCUT2D eigenvalue weighted by atomic mass is 32.2. The molecular formula is C9H18N4O2S. The van der Waals surface area contributed by atoms with E-state index in [1.54, 1.807) is 7.05 Å². The largest absolute Gasteiger partial charge is 0.383 e. The van der Waals surface area contributed by atoms with E-state index in [0.717, 1.165) is 6.26 Å². The second-order valence-corrected chi connectivity index (χ2v) is 5.56. The summed E-state index contributed by atoms with van der Waals surface area (Å²) in [6.07, 6.45) is 1.15. The fourth-order valence-corrected chi connectivity index (χ4v) is 2.60. The van der Waals surface area contributed by atoms with Crippen LogP contribution in [-0.4, -0.2) is 37.5 Å². The van der Waals surface area contributed by atoms with E-state index in [2.05, 4.69) is 5.10 Å². The highest BCUT2D eigenvalue weighted by molar-refractivity contribution is 7.91. The van der Waals surface area contributed by atoms with Crippen LogP contribution in [-0.2, 0) is 16.9 Å². The zero-order valence-electron chi connectivity index (χ0n) is 10.1. The molecule has 0 unspecified atom stereocenters. The molecule has 1 aromatic heterocycles. The minimum absolute atomic E-state index is 0.124. The SMILES string of the molecule is CCN(CC)c1nn(C)c(N)c1S(C)(=O)=O. The third kappa shape index (κ3) is 2.13. The standard InChI is InChI=1S/C9H18N4O2S/c1-5-13(6-2)9-7(16(4,14)15)8(10)12(3)11-9/h5-6,10H2,1-4H3. The monoisotopic (exact) mass is 246 g/mol. The van der Waals surface area contributed by atoms with Crippen molar-refractivity contribution in [3.05, 3.63) is 0 Å². The van der Waals surface area contributed by atoms with Gasteiger partial charge in [-0.2, -0.15) is 5.10 Å². The third-order valence-corrected chi connectivity index (χ3v) is 3.60. The summed E-state index contributed by atoms with van der Waals surface area (Å²) in [7, 11) is -1.72. The average molecular weight is 246 g/mol. The van der Waals surface area contributed by atoms with Crippen molar-refractivity contribution in [1.29, 1.82) is 0 Å². The van der Waals surface area contributed by atoms with Gasteiger partial charge in [-0.25, -0.2) is 13.1 Å². The molecule has 0 aliphatic rings. The van der Waals surface area contributed by atoms with Crippen LogP contribution in [0.15, 0.2) is 4.90 Å². The summed E-state index contributed by atoms with van der Waals surface area (Å²) < 4.78 is 24.7. The lowest BCUT2D eigenvalue weighted by molar-refractivity contribution is 0.602. The van der Waals surface area contributed by atoms with Crippen LogP contribution in [0.25, 0.3) is 0 Å². The highest BCUT2D eigenvalue weighted by Crippen LogP contribution is 2.29. The second kappa shape index (κ2) is 4.32. The number of aromatic nitrogens is 2. The lowest BCUT2D eigenvalue weighted by Gasteiger charge is -2.18. The number of hydrogen-bond donors (Lipinski definition) is 1. The molecule has 7 heteroatoms. The van der Waals surface area contributed by atoms with Gasteiger partial charge in [-0.1, -0.05) is 0 Å². The number of nitrogen functional groups attached to an aromatic ring is 1. The van der Waals surface area contributed by atoms with Crippen molar-refractivity contribution in [2.75, 3.05) is 30.0 Å². The maximum absolute atomic E-state index is 11.7. The molecule has 1 heterocycles. The molecule has 0 bridgehead atoms. The minimum atomic E-state index is -3.36. The van der Waals surface area contributed by atoms with Crippen LogP contribution in [0.2, 0.25) is 0 Å². The quantitative estimate of drug-likeness (QED) is 0.823. The molecule has 0 radical (unpaired) electrons. The molecule has 1 aromatic rings. The lowest BCUT2D eigenvalue weighted by atomic mass is 10.4. The Hall–Kier alpha value is -1.24. The summed E-state index contributed by atoms with van der Waals surface area (Å²) in [5.41, 5.74) is 5.73. The minimum Gasteiger partial charge on any atom is -0.383 e. The molecule has 1 rings (SSSR count). The van der Waals surface area contributed by atoms with E-state index < -0.39 is 9.84 Å². The first-order valence-electron chi connectivity index (χ1n) is 5.10. The van der Waals surface area contributed by atoms with Gasteiger partial charge in [0, 0.05) is 26.4 Å². The van der Waals surface area contributed by atoms with Gasteiger partial charge < -0.3 is 10.6 Å². The zero-order chi connectivity index (χ0) is 12.5.